The number of hydrogen-bond donors (Lipinski definition) is 3. The van der Waals surface area contributed by atoms with E-state index in [0.717, 1.165) is 5.56 Å². The van der Waals surface area contributed by atoms with Crippen molar-refractivity contribution < 1.29 is 4.79 Å². The highest BCUT2D eigenvalue weighted by Crippen LogP contribution is 1.96. The van der Waals surface area contributed by atoms with Gasteiger partial charge in [0.1, 0.15) is 5.69 Å². The minimum Gasteiger partial charge on any atom is -0.357 e. The molecule has 0 aromatic carbocycles. The molecule has 0 radical (unpaired) electrons. The number of rotatable bonds is 3. The number of nitrogens with zero attached hydrogens (tertiary/aromatic N) is 1. The second kappa shape index (κ2) is 3.78. The maximum atomic E-state index is 11.4. The highest BCUT2D eigenvalue weighted by atomic mass is 16.1. The van der Waals surface area contributed by atoms with Gasteiger partial charge >= 0.3 is 0 Å². The number of aromatic amines is 2. The van der Waals surface area contributed by atoms with Gasteiger partial charge in [0.2, 0.25) is 0 Å². The summed E-state index contributed by atoms with van der Waals surface area (Å²) in [7, 11) is 0. The quantitative estimate of drug-likeness (QED) is 0.665. The Labute approximate surface area is 80.5 Å². The molecule has 1 amide bonds. The zero-order valence-corrected chi connectivity index (χ0v) is 7.45. The van der Waals surface area contributed by atoms with E-state index >= 15 is 0 Å². The van der Waals surface area contributed by atoms with Crippen molar-refractivity contribution in [2.24, 2.45) is 0 Å². The van der Waals surface area contributed by atoms with Gasteiger partial charge in [-0.05, 0) is 12.1 Å². The van der Waals surface area contributed by atoms with Gasteiger partial charge in [-0.1, -0.05) is 0 Å². The predicted octanol–water partition coefficient (Wildman–Crippen LogP) is 0.668. The molecule has 0 aliphatic heterocycles. The molecule has 0 fully saturated rings. The Morgan fingerprint density at radius 2 is 2.50 bits per heavy atom. The van der Waals surface area contributed by atoms with Gasteiger partial charge in [-0.2, -0.15) is 5.10 Å². The first-order chi connectivity index (χ1) is 6.86. The number of carbonyl (C=O) groups is 1. The van der Waals surface area contributed by atoms with Crippen molar-refractivity contribution in [3.8, 4) is 0 Å². The minimum absolute atomic E-state index is 0.115. The van der Waals surface area contributed by atoms with Gasteiger partial charge in [-0.25, -0.2) is 0 Å². The van der Waals surface area contributed by atoms with E-state index in [-0.39, 0.29) is 5.91 Å². The van der Waals surface area contributed by atoms with Crippen LogP contribution >= 0.6 is 0 Å². The summed E-state index contributed by atoms with van der Waals surface area (Å²) in [5.41, 5.74) is 1.51. The van der Waals surface area contributed by atoms with Crippen molar-refractivity contribution in [1.82, 2.24) is 20.5 Å². The first kappa shape index (κ1) is 8.55. The van der Waals surface area contributed by atoms with Crippen LogP contribution in [0.2, 0.25) is 0 Å². The Hall–Kier alpha value is -2.04. The minimum atomic E-state index is -0.115. The van der Waals surface area contributed by atoms with Crippen molar-refractivity contribution in [2.45, 2.75) is 6.54 Å². The van der Waals surface area contributed by atoms with E-state index in [1.54, 1.807) is 30.7 Å². The maximum Gasteiger partial charge on any atom is 0.267 e. The molecule has 0 saturated heterocycles. The number of H-pyrrole nitrogens is 2. The number of aromatic nitrogens is 3. The van der Waals surface area contributed by atoms with E-state index in [4.69, 9.17) is 0 Å². The van der Waals surface area contributed by atoms with E-state index in [1.165, 1.54) is 0 Å². The fourth-order valence-corrected chi connectivity index (χ4v) is 1.12. The van der Waals surface area contributed by atoms with Gasteiger partial charge in [0.15, 0.2) is 0 Å². The second-order valence-corrected chi connectivity index (χ2v) is 2.87. The summed E-state index contributed by atoms with van der Waals surface area (Å²) in [4.78, 5) is 14.3. The van der Waals surface area contributed by atoms with Gasteiger partial charge in [0, 0.05) is 24.5 Å². The van der Waals surface area contributed by atoms with Crippen molar-refractivity contribution >= 4 is 5.91 Å². The molecule has 72 valence electrons. The Balaban J connectivity index is 1.90. The lowest BCUT2D eigenvalue weighted by Gasteiger charge is -2.00. The molecule has 5 nitrogen and oxygen atoms in total. The largest absolute Gasteiger partial charge is 0.357 e. The lowest BCUT2D eigenvalue weighted by atomic mass is 10.3. The third-order valence-corrected chi connectivity index (χ3v) is 1.85. The summed E-state index contributed by atoms with van der Waals surface area (Å²) in [5.74, 6) is -0.115. The summed E-state index contributed by atoms with van der Waals surface area (Å²) < 4.78 is 0. The first-order valence-electron chi connectivity index (χ1n) is 4.25. The Morgan fingerprint density at radius 3 is 3.14 bits per heavy atom. The molecule has 5 heteroatoms. The SMILES string of the molecule is O=C(NCc1cn[nH]c1)c1ccc[nH]1. The van der Waals surface area contributed by atoms with Crippen molar-refractivity contribution in [1.29, 1.82) is 0 Å². The average Bonchev–Trinajstić information content (AvgIpc) is 2.87. The molecule has 2 aromatic heterocycles. The van der Waals surface area contributed by atoms with E-state index < -0.39 is 0 Å². The van der Waals surface area contributed by atoms with E-state index in [0.29, 0.717) is 12.2 Å². The number of hydrogen-bond acceptors (Lipinski definition) is 2. The van der Waals surface area contributed by atoms with E-state index in [1.807, 2.05) is 0 Å². The molecule has 2 aromatic rings. The fourth-order valence-electron chi connectivity index (χ4n) is 1.12. The van der Waals surface area contributed by atoms with Crippen LogP contribution in [0, 0.1) is 0 Å². The third-order valence-electron chi connectivity index (χ3n) is 1.85. The van der Waals surface area contributed by atoms with Crippen LogP contribution in [-0.2, 0) is 6.54 Å². The average molecular weight is 190 g/mol. The molecule has 2 rings (SSSR count). The number of amides is 1. The van der Waals surface area contributed by atoms with Gasteiger partial charge in [-0.15, -0.1) is 0 Å². The predicted molar refractivity (Wildman–Crippen MR) is 50.6 cm³/mol. The summed E-state index contributed by atoms with van der Waals surface area (Å²) >= 11 is 0. The standard InChI is InChI=1S/C9H10N4O/c14-9(8-2-1-3-10-8)11-4-7-5-12-13-6-7/h1-3,5-6,10H,4H2,(H,11,14)(H,12,13). The topological polar surface area (TPSA) is 73.6 Å². The van der Waals surface area contributed by atoms with Crippen LogP contribution in [0.4, 0.5) is 0 Å². The molecular weight excluding hydrogens is 180 g/mol. The van der Waals surface area contributed by atoms with Gasteiger partial charge in [0.25, 0.3) is 5.91 Å². The lowest BCUT2D eigenvalue weighted by Crippen LogP contribution is -2.22. The Kier molecular flexibility index (Phi) is 2.31. The van der Waals surface area contributed by atoms with Crippen LogP contribution in [0.3, 0.4) is 0 Å². The molecule has 0 aliphatic rings. The lowest BCUT2D eigenvalue weighted by molar-refractivity contribution is 0.0946. The zero-order valence-electron chi connectivity index (χ0n) is 7.45. The van der Waals surface area contributed by atoms with E-state index in [9.17, 15) is 4.79 Å². The summed E-state index contributed by atoms with van der Waals surface area (Å²) in [6.07, 6.45) is 5.14. The molecule has 0 bridgehead atoms. The maximum absolute atomic E-state index is 11.4. The summed E-state index contributed by atoms with van der Waals surface area (Å²) in [5, 5.41) is 9.22. The smallest absolute Gasteiger partial charge is 0.267 e. The molecular formula is C9H10N4O. The molecule has 0 atom stereocenters. The fraction of sp³-hybridized carbons (Fsp3) is 0.111. The second-order valence-electron chi connectivity index (χ2n) is 2.87. The number of nitrogens with one attached hydrogen (secondary N) is 3. The Morgan fingerprint density at radius 1 is 1.57 bits per heavy atom. The number of carbonyl (C=O) groups excluding carboxylic acids is 1. The Bertz CT molecular complexity index is 390. The molecule has 0 unspecified atom stereocenters. The van der Waals surface area contributed by atoms with Crippen LogP contribution in [-0.4, -0.2) is 21.1 Å². The zero-order chi connectivity index (χ0) is 9.80. The monoisotopic (exact) mass is 190 g/mol. The van der Waals surface area contributed by atoms with E-state index in [2.05, 4.69) is 20.5 Å². The highest BCUT2D eigenvalue weighted by molar-refractivity contribution is 5.92. The molecule has 3 N–H and O–H groups in total. The molecule has 0 spiro atoms. The van der Waals surface area contributed by atoms with Crippen LogP contribution in [0.15, 0.2) is 30.7 Å². The third kappa shape index (κ3) is 1.82. The van der Waals surface area contributed by atoms with Gasteiger partial charge in [0.05, 0.1) is 6.20 Å². The van der Waals surface area contributed by atoms with Crippen LogP contribution in [0.1, 0.15) is 16.1 Å². The summed E-state index contributed by atoms with van der Waals surface area (Å²) in [6, 6.07) is 3.51. The first-order valence-corrected chi connectivity index (χ1v) is 4.25. The van der Waals surface area contributed by atoms with Crippen LogP contribution < -0.4 is 5.32 Å². The summed E-state index contributed by atoms with van der Waals surface area (Å²) in [6.45, 7) is 0.481. The molecule has 0 aliphatic carbocycles. The van der Waals surface area contributed by atoms with Gasteiger partial charge < -0.3 is 10.3 Å². The van der Waals surface area contributed by atoms with Crippen molar-refractivity contribution in [2.75, 3.05) is 0 Å². The highest BCUT2D eigenvalue weighted by Gasteiger charge is 2.04. The molecule has 14 heavy (non-hydrogen) atoms. The van der Waals surface area contributed by atoms with Crippen molar-refractivity contribution in [3.63, 3.8) is 0 Å². The molecule has 2 heterocycles. The van der Waals surface area contributed by atoms with Crippen LogP contribution in [0.25, 0.3) is 0 Å². The molecule has 0 saturated carbocycles. The van der Waals surface area contributed by atoms with Crippen molar-refractivity contribution in [3.05, 3.63) is 42.0 Å². The normalized spacial score (nSPS) is 10.0. The van der Waals surface area contributed by atoms with Gasteiger partial charge in [-0.3, -0.25) is 9.89 Å². The van der Waals surface area contributed by atoms with Crippen LogP contribution in [0.5, 0.6) is 0 Å².